The minimum absolute atomic E-state index is 0. The van der Waals surface area contributed by atoms with Crippen molar-refractivity contribution in [3.05, 3.63) is 0 Å². The van der Waals surface area contributed by atoms with Crippen LogP contribution in [0.5, 0.6) is 0 Å². The van der Waals surface area contributed by atoms with Crippen molar-refractivity contribution in [2.45, 2.75) is 0 Å². The van der Waals surface area contributed by atoms with Gasteiger partial charge in [-0.15, -0.1) is 0 Å². The van der Waals surface area contributed by atoms with Crippen molar-refractivity contribution >= 4 is 0 Å². The van der Waals surface area contributed by atoms with Gasteiger partial charge in [-0.1, -0.05) is 0 Å². The number of hydrogen-bond donors (Lipinski definition) is 0. The third-order valence-electron chi connectivity index (χ3n) is 0. The maximum atomic E-state index is 0. The Balaban J connectivity index is 0. The summed E-state index contributed by atoms with van der Waals surface area (Å²) in [5.74, 6) is 0. The molecule has 0 aromatic heterocycles. The van der Waals surface area contributed by atoms with Crippen molar-refractivity contribution < 1.29 is 1200 Å². The van der Waals surface area contributed by atoms with Gasteiger partial charge in [-0.3, -0.25) is 0 Å². The van der Waals surface area contributed by atoms with E-state index in [2.05, 4.69) is 0 Å². The monoisotopic (exact) mass is 3610 g/mol. The van der Waals surface area contributed by atoms with Crippen LogP contribution in [0.15, 0.2) is 0 Å². The average molecular weight is 3660 g/mol. The van der Waals surface area contributed by atoms with E-state index in [1.807, 2.05) is 0 Å². The van der Waals surface area contributed by atoms with Gasteiger partial charge in [0.2, 0.25) is 0 Å². The summed E-state index contributed by atoms with van der Waals surface area (Å²) in [4.78, 5) is 0. The maximum absolute atomic E-state index is 0. The summed E-state index contributed by atoms with van der Waals surface area (Å²) in [7, 11) is 0. The minimum atomic E-state index is 0. The third-order valence-corrected chi connectivity index (χ3v) is 0. The summed E-state index contributed by atoms with van der Waals surface area (Å²) in [6.45, 7) is 0. The Morgan fingerprint density at radius 3 is 0.0222 bits per heavy atom. The molecule has 0 N–H and O–H groups in total. The third kappa shape index (κ3) is 1780. The van der Waals surface area contributed by atoms with Gasteiger partial charge in [-0.05, 0) is 0 Å². The standard InChI is InChI=1S/70ClH.20Ni/h70*1H;;;;;;;;;;;;;;;;;;;;/q;;;;;;;;;;;;;;;;;;;;;;;;;;;;;;;;;;;;;;;;;;;;;;;;;;;;;;;;;;;;;;;;;;;;;;20*+2/p-70. The Labute approximate surface area is 1170 Å². The molecule has 0 fully saturated rings. The van der Waals surface area contributed by atoms with Gasteiger partial charge in [0.1, 0.15) is 0 Å². The van der Waals surface area contributed by atoms with Crippen LogP contribution in [-0.4, -0.2) is 0 Å². The molecule has 0 aliphatic rings. The zero-order valence-corrected chi connectivity index (χ0v) is 105. The smallest absolute Gasteiger partial charge is 1.00 e. The Bertz CT molecular complexity index is 68.8. The molecular weight excluding hydrogens is 3660 g/mol. The number of rotatable bonds is 0. The summed E-state index contributed by atoms with van der Waals surface area (Å²) in [6, 6.07) is 0. The fourth-order valence-electron chi connectivity index (χ4n) is 0. The van der Waals surface area contributed by atoms with Gasteiger partial charge in [0, 0.05) is 0 Å². The van der Waals surface area contributed by atoms with Gasteiger partial charge in [0.15, 0.2) is 0 Å². The van der Waals surface area contributed by atoms with E-state index in [4.69, 9.17) is 0 Å². The van der Waals surface area contributed by atoms with Gasteiger partial charge in [-0.25, -0.2) is 0 Å². The van der Waals surface area contributed by atoms with Crippen molar-refractivity contribution in [1.29, 1.82) is 0 Å². The first-order valence-electron chi connectivity index (χ1n) is 0. The molecule has 720 valence electrons. The molecule has 0 spiro atoms. The molecule has 0 bridgehead atoms. The Morgan fingerprint density at radius 1 is 0.0222 bits per heavy atom. The largest absolute Gasteiger partial charge is 2.00 e. The van der Waals surface area contributed by atoms with Crippen LogP contribution in [0, 0.1) is 0 Å². The molecule has 0 amide bonds. The van der Waals surface area contributed by atoms with Gasteiger partial charge in [0.05, 0.1) is 0 Å². The molecule has 0 aromatic carbocycles. The maximum Gasteiger partial charge on any atom is 2.00 e. The molecule has 90 heteroatoms. The topological polar surface area (TPSA) is 0 Å². The second kappa shape index (κ2) is 1830. The van der Waals surface area contributed by atoms with Gasteiger partial charge in [-0.2, -0.15) is 0 Å². The zero-order valence-electron chi connectivity index (χ0n) is 32.8. The van der Waals surface area contributed by atoms with E-state index < -0.39 is 0 Å². The Morgan fingerprint density at radius 2 is 0.0222 bits per heavy atom. The summed E-state index contributed by atoms with van der Waals surface area (Å²) < 4.78 is 0. The van der Waals surface area contributed by atoms with Crippen LogP contribution in [0.1, 0.15) is 0 Å². The van der Waals surface area contributed by atoms with E-state index in [1.54, 1.807) is 0 Å². The van der Waals surface area contributed by atoms with Crippen molar-refractivity contribution in [3.8, 4) is 0 Å². The predicted molar refractivity (Wildman–Crippen MR) is 0 cm³/mol. The first-order valence-corrected chi connectivity index (χ1v) is 0. The SMILES string of the molecule is [Cl-].[Cl-].[Cl-].[Cl-].[Cl-].[Cl-].[Cl-].[Cl-].[Cl-].[Cl-].[Cl-].[Cl-].[Cl-].[Cl-].[Cl-].[Cl-].[Cl-].[Cl-].[Cl-].[Cl-].[Cl-].[Cl-].[Cl-].[Cl-].[Cl-].[Cl-].[Cl-].[Cl-].[Cl-].[Cl-].[Cl-].[Cl-].[Cl-].[Cl-].[Cl-].[Cl-].[Cl-].[Cl-].[Cl-].[Cl-].[Cl-].[Cl-].[Cl-].[Cl-].[Cl-].[Cl-].[Cl-].[Cl-].[Cl-].[Cl-].[Cl-].[Cl-].[Cl-].[Cl-].[Cl-].[Cl-].[Cl-].[Cl-].[Cl-].[Cl-].[Cl-].[Cl-].[Cl-].[Cl-].[Cl-].[Cl-].[Cl-].[Cl-].[Cl-].[Cl-].[Ni+2].[Ni+2].[Ni+2].[Ni+2].[Ni+2].[Ni+2].[Ni+2].[Ni+2].[Ni+2].[Ni+2].[Ni+2].[Ni+2].[Ni+2].[Ni+2].[Ni+2].[Ni+2].[Ni+2].[Ni+2].[Ni+2].[Ni+2]. The summed E-state index contributed by atoms with van der Waals surface area (Å²) in [5, 5.41) is 0. The molecule has 90 heavy (non-hydrogen) atoms. The fraction of sp³-hybridized carbons (Fsp3) is 0. The summed E-state index contributed by atoms with van der Waals surface area (Å²) >= 11 is 0. The normalized spacial score (nSPS) is 0. The van der Waals surface area contributed by atoms with Gasteiger partial charge < -0.3 is 868 Å². The molecule has 0 aromatic rings. The number of hydrogen-bond acceptors (Lipinski definition) is 0. The minimum Gasteiger partial charge on any atom is -1.00 e. The molecule has 0 saturated carbocycles. The molecule has 0 atom stereocenters. The first kappa shape index (κ1) is 1870. The second-order valence-corrected chi connectivity index (χ2v) is 0. The van der Waals surface area contributed by atoms with Crippen LogP contribution in [0.3, 0.4) is 0 Å². The molecule has 0 unspecified atom stereocenters. The van der Waals surface area contributed by atoms with Crippen molar-refractivity contribution in [2.75, 3.05) is 0 Å². The van der Waals surface area contributed by atoms with Crippen LogP contribution in [0.4, 0.5) is 0 Å². The molecule has 0 aliphatic carbocycles. The van der Waals surface area contributed by atoms with E-state index in [-0.39, 0.29) is 1200 Å². The molecule has 0 aliphatic heterocycles. The van der Waals surface area contributed by atoms with Crippen molar-refractivity contribution in [1.82, 2.24) is 0 Å². The average Bonchev–Trinajstić information content (AvgIpc) is 0. The molecular formula is Cl70Ni20-30. The molecule has 0 rings (SSSR count). The van der Waals surface area contributed by atoms with E-state index in [0.29, 0.717) is 0 Å². The number of halogens is 70. The van der Waals surface area contributed by atoms with Crippen LogP contribution in [0.2, 0.25) is 0 Å². The van der Waals surface area contributed by atoms with E-state index in [9.17, 15) is 0 Å². The van der Waals surface area contributed by atoms with E-state index >= 15 is 0 Å². The van der Waals surface area contributed by atoms with Crippen molar-refractivity contribution in [3.63, 3.8) is 0 Å². The molecule has 0 heterocycles. The van der Waals surface area contributed by atoms with E-state index in [1.165, 1.54) is 0 Å². The molecule has 0 nitrogen and oxygen atoms in total. The van der Waals surface area contributed by atoms with Gasteiger partial charge in [0.25, 0.3) is 0 Å². The second-order valence-electron chi connectivity index (χ2n) is 0. The van der Waals surface area contributed by atoms with E-state index in [0.717, 1.165) is 0 Å². The van der Waals surface area contributed by atoms with Crippen LogP contribution in [0.25, 0.3) is 0 Å². The predicted octanol–water partition coefficient (Wildman–Crippen LogP) is -210. The Kier molecular flexibility index (Phi) is 38100. The van der Waals surface area contributed by atoms with Crippen LogP contribution >= 0.6 is 0 Å². The quantitative estimate of drug-likeness (QED) is 0.212. The van der Waals surface area contributed by atoms with Crippen LogP contribution < -0.4 is 868 Å². The Hall–Kier alpha value is 30.2. The van der Waals surface area contributed by atoms with Crippen LogP contribution in [-0.2, 0) is 330 Å². The first-order chi connectivity index (χ1) is 0. The van der Waals surface area contributed by atoms with Gasteiger partial charge >= 0.3 is 330 Å². The fourth-order valence-corrected chi connectivity index (χ4v) is 0. The summed E-state index contributed by atoms with van der Waals surface area (Å²) in [6.07, 6.45) is 0. The molecule has 0 radical (unpaired) electrons. The molecule has 0 saturated heterocycles. The van der Waals surface area contributed by atoms with Crippen molar-refractivity contribution in [2.24, 2.45) is 0 Å². The summed E-state index contributed by atoms with van der Waals surface area (Å²) in [5.41, 5.74) is 0. The zero-order chi connectivity index (χ0) is 0.